The van der Waals surface area contributed by atoms with E-state index in [1.54, 1.807) is 60.7 Å². The Hall–Kier alpha value is -4.97. The van der Waals surface area contributed by atoms with Crippen molar-refractivity contribution in [1.82, 2.24) is 0 Å². The molecule has 10 nitrogen and oxygen atoms in total. The van der Waals surface area contributed by atoms with E-state index in [0.717, 1.165) is 10.5 Å². The second-order valence-corrected chi connectivity index (χ2v) is 17.7. The number of hydrogen-bond acceptors (Lipinski definition) is 8. The van der Waals surface area contributed by atoms with Gasteiger partial charge in [0.15, 0.2) is 44.5 Å². The van der Waals surface area contributed by atoms with E-state index in [-0.39, 0.29) is 42.8 Å². The molecule has 0 aromatic heterocycles. The number of hydrogen-bond donors (Lipinski definition) is 1. The van der Waals surface area contributed by atoms with Crippen LogP contribution in [0.15, 0.2) is 69.1 Å². The van der Waals surface area contributed by atoms with Crippen molar-refractivity contribution in [2.75, 3.05) is 31.1 Å². The molecule has 4 aromatic carbocycles. The van der Waals surface area contributed by atoms with Crippen LogP contribution in [-0.4, -0.2) is 59.8 Å². The van der Waals surface area contributed by atoms with Gasteiger partial charge in [-0.25, -0.2) is 26.9 Å². The Morgan fingerprint density at radius 2 is 1.37 bits per heavy atom. The standard InChI is InChI=1S/C43H29Br2Cl2F5N2O8/c1-60-20-10-13-25(61-2)18(14-20)7-4-17-5-8-19(9-6-17)53-38(56)22-12-11-21-24(27(22)39(53)57)16-42(46)40(58)54(36-34(51)32(49)31(48)33(50)35(36)52)41(59)43(42,47)28(21)23-15-26(62-3)37(55)30(45)29(23)44/h4-11,13-15,22,24,27-28,55H,12,16H2,1-3H3/t22-,24+,27-,28+,42+,43-/m0/s1. The Balaban J connectivity index is 1.22. The lowest BCUT2D eigenvalue weighted by Crippen LogP contribution is -2.60. The number of aromatic hydroxyl groups is 1. The Morgan fingerprint density at radius 1 is 0.742 bits per heavy atom. The van der Waals surface area contributed by atoms with E-state index in [1.165, 1.54) is 27.4 Å². The van der Waals surface area contributed by atoms with Gasteiger partial charge in [0, 0.05) is 16.0 Å². The number of amides is 4. The average molecular weight is 1030 g/mol. The highest BCUT2D eigenvalue weighted by molar-refractivity contribution is 9.13. The van der Waals surface area contributed by atoms with Gasteiger partial charge in [-0.15, -0.1) is 23.2 Å². The Bertz CT molecular complexity index is 2690. The first-order chi connectivity index (χ1) is 29.4. The van der Waals surface area contributed by atoms with Crippen molar-refractivity contribution in [3.8, 4) is 23.0 Å². The summed E-state index contributed by atoms with van der Waals surface area (Å²) < 4.78 is 90.5. The molecule has 6 atom stereocenters. The number of carbonyl (C=O) groups is 4. The summed E-state index contributed by atoms with van der Waals surface area (Å²) in [5.74, 6) is -21.5. The van der Waals surface area contributed by atoms with Crippen LogP contribution >= 0.6 is 55.1 Å². The number of rotatable bonds is 8. The summed E-state index contributed by atoms with van der Waals surface area (Å²) in [5, 5.41) is 10.8. The molecule has 1 N–H and O–H groups in total. The van der Waals surface area contributed by atoms with Gasteiger partial charge in [0.1, 0.15) is 17.2 Å². The first kappa shape index (κ1) is 43.7. The number of allylic oxidation sites excluding steroid dienone is 2. The maximum absolute atomic E-state index is 15.5. The summed E-state index contributed by atoms with van der Waals surface area (Å²) in [5.41, 5.74) is -0.0612. The van der Waals surface area contributed by atoms with Crippen molar-refractivity contribution in [2.45, 2.75) is 28.5 Å². The number of anilines is 2. The highest BCUT2D eigenvalue weighted by atomic mass is 79.9. The fourth-order valence-electron chi connectivity index (χ4n) is 9.03. The molecule has 322 valence electrons. The summed E-state index contributed by atoms with van der Waals surface area (Å²) >= 11 is 21.2. The molecule has 3 fully saturated rings. The first-order valence-corrected chi connectivity index (χ1v) is 20.8. The zero-order valence-electron chi connectivity index (χ0n) is 32.2. The first-order valence-electron chi connectivity index (χ1n) is 18.5. The normalized spacial score (nSPS) is 25.6. The average Bonchev–Trinajstić information content (AvgIpc) is 3.61. The van der Waals surface area contributed by atoms with Crippen molar-refractivity contribution in [3.63, 3.8) is 0 Å². The van der Waals surface area contributed by atoms with Gasteiger partial charge < -0.3 is 19.3 Å². The van der Waals surface area contributed by atoms with Crippen LogP contribution in [0.5, 0.6) is 23.0 Å². The predicted molar refractivity (Wildman–Crippen MR) is 224 cm³/mol. The maximum atomic E-state index is 15.5. The topological polar surface area (TPSA) is 123 Å². The third-order valence-electron chi connectivity index (χ3n) is 12.0. The molecule has 2 heterocycles. The van der Waals surface area contributed by atoms with E-state index in [4.69, 9.17) is 37.4 Å². The van der Waals surface area contributed by atoms with Crippen molar-refractivity contribution in [2.24, 2.45) is 17.8 Å². The molecule has 2 saturated heterocycles. The Kier molecular flexibility index (Phi) is 11.0. The minimum absolute atomic E-state index is 0.00481. The number of benzene rings is 4. The van der Waals surface area contributed by atoms with E-state index in [9.17, 15) is 37.5 Å². The van der Waals surface area contributed by atoms with Crippen LogP contribution in [-0.2, 0) is 19.2 Å². The van der Waals surface area contributed by atoms with Gasteiger partial charge in [0.2, 0.25) is 17.6 Å². The number of alkyl halides is 2. The van der Waals surface area contributed by atoms with Gasteiger partial charge in [0.25, 0.3) is 11.8 Å². The highest BCUT2D eigenvalue weighted by Crippen LogP contribution is 2.67. The van der Waals surface area contributed by atoms with Gasteiger partial charge in [-0.05, 0) is 98.1 Å². The third kappa shape index (κ3) is 6.12. The number of imide groups is 2. The quantitative estimate of drug-likeness (QED) is 0.0353. The Labute approximate surface area is 376 Å². The Morgan fingerprint density at radius 3 is 1.98 bits per heavy atom. The third-order valence-corrected chi connectivity index (χ3v) is 15.5. The second-order valence-electron chi connectivity index (χ2n) is 14.9. The van der Waals surface area contributed by atoms with Crippen LogP contribution in [0.4, 0.5) is 33.3 Å². The molecule has 0 radical (unpaired) electrons. The second kappa shape index (κ2) is 15.7. The summed E-state index contributed by atoms with van der Waals surface area (Å²) in [6, 6.07) is 13.0. The van der Waals surface area contributed by atoms with E-state index in [0.29, 0.717) is 17.1 Å². The van der Waals surface area contributed by atoms with Crippen LogP contribution in [0, 0.1) is 46.8 Å². The molecule has 1 saturated carbocycles. The molecular formula is C43H29Br2Cl2F5N2O8. The number of phenolic OH excluding ortho intramolecular Hbond substituents is 1. The number of nitrogens with zero attached hydrogens (tertiary/aromatic N) is 2. The van der Waals surface area contributed by atoms with Crippen LogP contribution in [0.1, 0.15) is 35.4 Å². The smallest absolute Gasteiger partial charge is 0.258 e. The fourth-order valence-corrected chi connectivity index (χ4v) is 10.9. The van der Waals surface area contributed by atoms with E-state index < -0.39 is 104 Å². The molecule has 19 heteroatoms. The lowest BCUT2D eigenvalue weighted by atomic mass is 9.56. The minimum Gasteiger partial charge on any atom is -0.503 e. The molecule has 4 aromatic rings. The van der Waals surface area contributed by atoms with Crippen molar-refractivity contribution < 1.29 is 60.4 Å². The van der Waals surface area contributed by atoms with Gasteiger partial charge in [-0.3, -0.25) is 24.1 Å². The monoisotopic (exact) mass is 1020 g/mol. The van der Waals surface area contributed by atoms with Crippen molar-refractivity contribution in [1.29, 1.82) is 0 Å². The largest absolute Gasteiger partial charge is 0.503 e. The van der Waals surface area contributed by atoms with Crippen LogP contribution in [0.25, 0.3) is 12.2 Å². The highest BCUT2D eigenvalue weighted by Gasteiger charge is 2.77. The molecule has 8 rings (SSSR count). The molecule has 0 spiro atoms. The van der Waals surface area contributed by atoms with Gasteiger partial charge in [-0.2, -0.15) is 0 Å². The number of methoxy groups -OCH3 is 3. The summed E-state index contributed by atoms with van der Waals surface area (Å²) in [6.45, 7) is 0. The molecule has 4 amide bonds. The zero-order chi connectivity index (χ0) is 44.9. The lowest BCUT2D eigenvalue weighted by Gasteiger charge is -2.51. The fraction of sp³-hybridized carbons (Fsp3) is 0.256. The summed E-state index contributed by atoms with van der Waals surface area (Å²) in [4.78, 5) is 53.3. The molecule has 2 aliphatic heterocycles. The van der Waals surface area contributed by atoms with E-state index in [1.807, 2.05) is 0 Å². The number of fused-ring (bicyclic) bond motifs is 4. The number of carbonyl (C=O) groups excluding carboxylic acids is 4. The summed E-state index contributed by atoms with van der Waals surface area (Å²) in [6.07, 6.45) is 4.36. The van der Waals surface area contributed by atoms with Crippen LogP contribution < -0.4 is 24.0 Å². The summed E-state index contributed by atoms with van der Waals surface area (Å²) in [7, 11) is 4.28. The number of phenols is 1. The number of ether oxygens (including phenoxy) is 3. The van der Waals surface area contributed by atoms with Gasteiger partial charge in [0.05, 0.1) is 43.3 Å². The maximum Gasteiger partial charge on any atom is 0.258 e. The molecule has 2 aliphatic carbocycles. The SMILES string of the molecule is COc1ccc(OC)c(C=Cc2ccc(N3C(=O)[C@H]4[C@H](CC=C5[C@H]4C[C@@]4(Cl)C(=O)N(c6c(F)c(F)c(F)c(F)c6F)C(=O)[C@@]4(Cl)[C@H]5c4cc(OC)c(O)c(Br)c4Br)C3=O)cc2)c1. The molecule has 4 aliphatic rings. The molecule has 62 heavy (non-hydrogen) atoms. The van der Waals surface area contributed by atoms with Crippen molar-refractivity contribution >= 4 is 102 Å². The van der Waals surface area contributed by atoms with Crippen molar-refractivity contribution in [3.05, 3.63) is 115 Å². The van der Waals surface area contributed by atoms with E-state index >= 15 is 8.78 Å². The molecular weight excluding hydrogens is 998 g/mol. The van der Waals surface area contributed by atoms with Gasteiger partial charge in [-0.1, -0.05) is 35.9 Å². The van der Waals surface area contributed by atoms with Crippen LogP contribution in [0.2, 0.25) is 0 Å². The predicted octanol–water partition coefficient (Wildman–Crippen LogP) is 9.58. The van der Waals surface area contributed by atoms with Gasteiger partial charge >= 0.3 is 0 Å². The minimum atomic E-state index is -2.80. The lowest BCUT2D eigenvalue weighted by molar-refractivity contribution is -0.125. The van der Waals surface area contributed by atoms with Crippen LogP contribution in [0.3, 0.4) is 0 Å². The zero-order valence-corrected chi connectivity index (χ0v) is 36.9. The molecule has 0 unspecified atom stereocenters. The molecule has 0 bridgehead atoms. The van der Waals surface area contributed by atoms with E-state index in [2.05, 4.69) is 31.9 Å². The number of halogens is 9.